The van der Waals surface area contributed by atoms with Crippen molar-refractivity contribution in [3.8, 4) is 0 Å². The largest absolute Gasteiger partial charge is 0.327 e. The number of fused-ring (bicyclic) bond motifs is 3. The van der Waals surface area contributed by atoms with Crippen molar-refractivity contribution in [2.45, 2.75) is 38.1 Å². The van der Waals surface area contributed by atoms with Crippen molar-refractivity contribution in [3.05, 3.63) is 0 Å². The predicted molar refractivity (Wildman–Crippen MR) is 47.7 cm³/mol. The lowest BCUT2D eigenvalue weighted by Gasteiger charge is -2.24. The van der Waals surface area contributed by atoms with Crippen LogP contribution in [0.15, 0.2) is 0 Å². The Morgan fingerprint density at radius 2 is 1.91 bits per heavy atom. The zero-order valence-corrected chi connectivity index (χ0v) is 7.57. The summed E-state index contributed by atoms with van der Waals surface area (Å²) in [5.74, 6) is 1.97. The van der Waals surface area contributed by atoms with E-state index in [0.717, 1.165) is 17.3 Å². The van der Waals surface area contributed by atoms with Gasteiger partial charge in [0.05, 0.1) is 0 Å². The first kappa shape index (κ1) is 7.88. The maximum Gasteiger partial charge on any atom is 0.00703 e. The topological polar surface area (TPSA) is 26.0 Å². The average Bonchev–Trinajstić information content (AvgIpc) is 2.42. The van der Waals surface area contributed by atoms with Crippen molar-refractivity contribution in [2.24, 2.45) is 23.0 Å². The van der Waals surface area contributed by atoms with E-state index in [1.807, 2.05) is 0 Å². The molecule has 3 unspecified atom stereocenters. The molecule has 0 aromatic rings. The standard InChI is InChI=1S/C9H15N.ClH/c10-8-4-7-3-6(8)5-9(7)1-2-9;/h6-8H,1-5,10H2;1H. The molecule has 1 nitrogen and oxygen atoms in total. The molecule has 0 radical (unpaired) electrons. The van der Waals surface area contributed by atoms with Crippen molar-refractivity contribution in [3.63, 3.8) is 0 Å². The van der Waals surface area contributed by atoms with Crippen molar-refractivity contribution in [1.29, 1.82) is 0 Å². The highest BCUT2D eigenvalue weighted by molar-refractivity contribution is 5.85. The predicted octanol–water partition coefficient (Wildman–Crippen LogP) is 1.95. The third-order valence-corrected chi connectivity index (χ3v) is 4.18. The number of nitrogens with two attached hydrogens (primary N) is 1. The molecule has 3 rings (SSSR count). The van der Waals surface area contributed by atoms with E-state index in [4.69, 9.17) is 5.73 Å². The van der Waals surface area contributed by atoms with E-state index >= 15 is 0 Å². The lowest BCUT2D eigenvalue weighted by atomic mass is 9.84. The van der Waals surface area contributed by atoms with E-state index in [0.29, 0.717) is 6.04 Å². The van der Waals surface area contributed by atoms with Crippen molar-refractivity contribution >= 4 is 12.4 Å². The van der Waals surface area contributed by atoms with Crippen molar-refractivity contribution in [2.75, 3.05) is 0 Å². The van der Waals surface area contributed by atoms with Crippen LogP contribution in [0.5, 0.6) is 0 Å². The molecule has 2 N–H and O–H groups in total. The molecule has 3 saturated carbocycles. The third-order valence-electron chi connectivity index (χ3n) is 4.18. The molecule has 0 aromatic carbocycles. The average molecular weight is 174 g/mol. The zero-order chi connectivity index (χ0) is 6.77. The Morgan fingerprint density at radius 3 is 2.27 bits per heavy atom. The van der Waals surface area contributed by atoms with Gasteiger partial charge in [-0.05, 0) is 49.4 Å². The third kappa shape index (κ3) is 0.874. The molecular formula is C9H16ClN. The Balaban J connectivity index is 0.000000480. The SMILES string of the molecule is Cl.NC1CC2CC1CC21CC1. The highest BCUT2D eigenvalue weighted by Gasteiger charge is 2.59. The second-order valence-electron chi connectivity index (χ2n) is 4.66. The molecule has 0 amide bonds. The first-order valence-electron chi connectivity index (χ1n) is 4.56. The molecule has 2 bridgehead atoms. The molecule has 0 saturated heterocycles. The minimum absolute atomic E-state index is 0. The van der Waals surface area contributed by atoms with Crippen LogP contribution in [0.3, 0.4) is 0 Å². The molecule has 2 heteroatoms. The Kier molecular flexibility index (Phi) is 1.53. The maximum absolute atomic E-state index is 5.97. The van der Waals surface area contributed by atoms with Gasteiger partial charge in [-0.1, -0.05) is 0 Å². The van der Waals surface area contributed by atoms with Gasteiger partial charge in [0.1, 0.15) is 0 Å². The maximum atomic E-state index is 5.97. The van der Waals surface area contributed by atoms with Crippen LogP contribution < -0.4 is 5.73 Å². The number of hydrogen-bond acceptors (Lipinski definition) is 1. The minimum atomic E-state index is 0. The van der Waals surface area contributed by atoms with Crippen molar-refractivity contribution in [1.82, 2.24) is 0 Å². The minimum Gasteiger partial charge on any atom is -0.327 e. The zero-order valence-electron chi connectivity index (χ0n) is 6.75. The lowest BCUT2D eigenvalue weighted by Crippen LogP contribution is -2.30. The van der Waals surface area contributed by atoms with Crippen LogP contribution in [0.25, 0.3) is 0 Å². The monoisotopic (exact) mass is 173 g/mol. The molecule has 3 fully saturated rings. The summed E-state index contributed by atoms with van der Waals surface area (Å²) < 4.78 is 0. The Hall–Kier alpha value is 0.250. The van der Waals surface area contributed by atoms with Crippen LogP contribution in [0, 0.1) is 17.3 Å². The molecule has 3 aliphatic rings. The fourth-order valence-electron chi connectivity index (χ4n) is 3.35. The van der Waals surface area contributed by atoms with Gasteiger partial charge in [0.15, 0.2) is 0 Å². The Labute approximate surface area is 74.1 Å². The van der Waals surface area contributed by atoms with E-state index < -0.39 is 0 Å². The van der Waals surface area contributed by atoms with E-state index in [1.54, 1.807) is 0 Å². The summed E-state index contributed by atoms with van der Waals surface area (Å²) in [6.07, 6.45) is 7.37. The van der Waals surface area contributed by atoms with Crippen LogP contribution in [0.1, 0.15) is 32.1 Å². The van der Waals surface area contributed by atoms with E-state index in [2.05, 4.69) is 0 Å². The molecule has 0 aromatic heterocycles. The molecule has 11 heavy (non-hydrogen) atoms. The van der Waals surface area contributed by atoms with Crippen LogP contribution in [0.2, 0.25) is 0 Å². The van der Waals surface area contributed by atoms with Crippen LogP contribution in [-0.4, -0.2) is 6.04 Å². The van der Waals surface area contributed by atoms with E-state index in [-0.39, 0.29) is 12.4 Å². The molecule has 0 heterocycles. The first-order valence-corrected chi connectivity index (χ1v) is 4.56. The van der Waals surface area contributed by atoms with Gasteiger partial charge in [-0.15, -0.1) is 12.4 Å². The smallest absolute Gasteiger partial charge is 0.00703 e. The summed E-state index contributed by atoms with van der Waals surface area (Å²) in [6, 6.07) is 0.580. The Morgan fingerprint density at radius 1 is 1.18 bits per heavy atom. The molecule has 0 aliphatic heterocycles. The number of halogens is 1. The number of rotatable bonds is 0. The highest BCUT2D eigenvalue weighted by Crippen LogP contribution is 2.68. The molecule has 1 spiro atoms. The lowest BCUT2D eigenvalue weighted by molar-refractivity contribution is 0.284. The van der Waals surface area contributed by atoms with Gasteiger partial charge >= 0.3 is 0 Å². The van der Waals surface area contributed by atoms with Gasteiger partial charge < -0.3 is 5.73 Å². The summed E-state index contributed by atoms with van der Waals surface area (Å²) in [7, 11) is 0. The van der Waals surface area contributed by atoms with Gasteiger partial charge in [0.25, 0.3) is 0 Å². The summed E-state index contributed by atoms with van der Waals surface area (Å²) in [5, 5.41) is 0. The summed E-state index contributed by atoms with van der Waals surface area (Å²) in [5.41, 5.74) is 6.83. The molecular weight excluding hydrogens is 158 g/mol. The number of hydrogen-bond donors (Lipinski definition) is 1. The summed E-state index contributed by atoms with van der Waals surface area (Å²) in [4.78, 5) is 0. The molecule has 64 valence electrons. The summed E-state index contributed by atoms with van der Waals surface area (Å²) in [6.45, 7) is 0. The second kappa shape index (κ2) is 2.14. The first-order chi connectivity index (χ1) is 4.80. The van der Waals surface area contributed by atoms with E-state index in [9.17, 15) is 0 Å². The Bertz CT molecular complexity index is 174. The quantitative estimate of drug-likeness (QED) is 0.596. The molecule has 3 aliphatic carbocycles. The van der Waals surface area contributed by atoms with Crippen LogP contribution >= 0.6 is 12.4 Å². The highest BCUT2D eigenvalue weighted by atomic mass is 35.5. The van der Waals surface area contributed by atoms with Gasteiger partial charge in [-0.25, -0.2) is 0 Å². The fraction of sp³-hybridized carbons (Fsp3) is 1.00. The van der Waals surface area contributed by atoms with Gasteiger partial charge in [-0.2, -0.15) is 0 Å². The summed E-state index contributed by atoms with van der Waals surface area (Å²) >= 11 is 0. The van der Waals surface area contributed by atoms with Gasteiger partial charge in [0.2, 0.25) is 0 Å². The van der Waals surface area contributed by atoms with E-state index in [1.165, 1.54) is 32.1 Å². The second-order valence-corrected chi connectivity index (χ2v) is 4.66. The molecule has 3 atom stereocenters. The van der Waals surface area contributed by atoms with Gasteiger partial charge in [-0.3, -0.25) is 0 Å². The van der Waals surface area contributed by atoms with Crippen molar-refractivity contribution < 1.29 is 0 Å². The van der Waals surface area contributed by atoms with Crippen LogP contribution in [0.4, 0.5) is 0 Å². The normalized spacial score (nSPS) is 49.4. The van der Waals surface area contributed by atoms with Crippen LogP contribution in [-0.2, 0) is 0 Å². The fourth-order valence-corrected chi connectivity index (χ4v) is 3.35. The van der Waals surface area contributed by atoms with Gasteiger partial charge in [0, 0.05) is 6.04 Å².